The van der Waals surface area contributed by atoms with Crippen molar-refractivity contribution < 1.29 is 23.0 Å². The number of benzene rings is 4. The Morgan fingerprint density at radius 3 is 2.24 bits per heavy atom. The lowest BCUT2D eigenvalue weighted by molar-refractivity contribution is -0.137. The molecule has 0 radical (unpaired) electrons. The lowest BCUT2D eigenvalue weighted by atomic mass is 10.1. The number of hydrogen-bond acceptors (Lipinski definition) is 4. The molecule has 38 heavy (non-hydrogen) atoms. The van der Waals surface area contributed by atoms with Crippen molar-refractivity contribution in [2.24, 2.45) is 4.99 Å². The summed E-state index contributed by atoms with van der Waals surface area (Å²) in [5.41, 5.74) is 0.101. The Morgan fingerprint density at radius 2 is 1.53 bits per heavy atom. The minimum Gasteiger partial charge on any atom is -0.494 e. The van der Waals surface area contributed by atoms with E-state index >= 15 is 0 Å². The fourth-order valence-corrected chi connectivity index (χ4v) is 4.06. The van der Waals surface area contributed by atoms with Gasteiger partial charge in [0.15, 0.2) is 0 Å². The van der Waals surface area contributed by atoms with Crippen molar-refractivity contribution in [3.63, 3.8) is 0 Å². The number of nitrogens with zero attached hydrogens (tertiary/aromatic N) is 2. The molecular weight excluding hydrogens is 493 g/mol. The van der Waals surface area contributed by atoms with Crippen LogP contribution in [-0.2, 0) is 12.8 Å². The molecule has 8 heteroatoms. The quantitative estimate of drug-likeness (QED) is 0.247. The summed E-state index contributed by atoms with van der Waals surface area (Å²) in [7, 11) is 0. The lowest BCUT2D eigenvalue weighted by Gasteiger charge is -2.15. The fraction of sp³-hybridized carbons (Fsp3) is 0.0667. The van der Waals surface area contributed by atoms with Crippen LogP contribution in [-0.4, -0.2) is 15.9 Å². The van der Waals surface area contributed by atoms with E-state index in [2.05, 4.69) is 4.99 Å². The number of alkyl halides is 3. The van der Waals surface area contributed by atoms with Gasteiger partial charge < -0.3 is 9.84 Å². The van der Waals surface area contributed by atoms with Gasteiger partial charge in [-0.05, 0) is 54.1 Å². The number of halogens is 3. The molecule has 0 saturated heterocycles. The second-order valence-corrected chi connectivity index (χ2v) is 8.50. The molecule has 0 atom stereocenters. The summed E-state index contributed by atoms with van der Waals surface area (Å²) in [5.74, 6) is 0.138. The van der Waals surface area contributed by atoms with Crippen LogP contribution >= 0.6 is 0 Å². The van der Waals surface area contributed by atoms with E-state index in [1.54, 1.807) is 48.5 Å². The molecule has 0 aliphatic carbocycles. The molecular formula is C30H21F3N2O3. The van der Waals surface area contributed by atoms with Crippen LogP contribution in [0, 0.1) is 0 Å². The largest absolute Gasteiger partial charge is 0.494 e. The number of aromatic nitrogens is 1. The zero-order chi connectivity index (χ0) is 26.7. The van der Waals surface area contributed by atoms with Crippen molar-refractivity contribution in [1.29, 1.82) is 0 Å². The third-order valence-electron chi connectivity index (χ3n) is 5.96. The minimum atomic E-state index is -4.60. The average Bonchev–Trinajstić information content (AvgIpc) is 2.93. The van der Waals surface area contributed by atoms with Gasteiger partial charge in [0.25, 0.3) is 5.56 Å². The molecule has 0 fully saturated rings. The van der Waals surface area contributed by atoms with Gasteiger partial charge in [-0.25, -0.2) is 4.57 Å². The van der Waals surface area contributed by atoms with Crippen LogP contribution < -0.4 is 10.3 Å². The molecule has 0 amide bonds. The Morgan fingerprint density at radius 1 is 0.842 bits per heavy atom. The number of fused-ring (bicyclic) bond motifs is 1. The maximum absolute atomic E-state index is 13.3. The summed E-state index contributed by atoms with van der Waals surface area (Å²) >= 11 is 0. The summed E-state index contributed by atoms with van der Waals surface area (Å²) in [6.07, 6.45) is -3.21. The molecule has 0 saturated carbocycles. The molecule has 5 aromatic rings. The van der Waals surface area contributed by atoms with Gasteiger partial charge in [-0.1, -0.05) is 54.6 Å². The zero-order valence-electron chi connectivity index (χ0n) is 19.9. The predicted molar refractivity (Wildman–Crippen MR) is 141 cm³/mol. The first-order chi connectivity index (χ1) is 18.3. The molecule has 1 aromatic heterocycles. The number of aromatic hydroxyl groups is 1. The number of rotatable bonds is 6. The van der Waals surface area contributed by atoms with Gasteiger partial charge in [0, 0.05) is 17.0 Å². The van der Waals surface area contributed by atoms with Crippen molar-refractivity contribution in [1.82, 2.24) is 4.57 Å². The van der Waals surface area contributed by atoms with Gasteiger partial charge in [0.1, 0.15) is 12.4 Å². The first kappa shape index (κ1) is 24.8. The Hall–Kier alpha value is -4.85. The van der Waals surface area contributed by atoms with E-state index in [1.165, 1.54) is 18.3 Å². The number of hydrogen-bond donors (Lipinski definition) is 1. The number of aliphatic imine (C=N–C) groups is 1. The third kappa shape index (κ3) is 5.15. The SMILES string of the molecule is O=c1c2ccccc2c(C=Nc2ccc(OCc3ccccc3)cc2)c(O)n1-c1cccc(C(F)(F)F)c1. The number of ether oxygens (including phenoxy) is 1. The van der Waals surface area contributed by atoms with E-state index in [0.29, 0.717) is 23.4 Å². The van der Waals surface area contributed by atoms with Crippen LogP contribution in [0.15, 0.2) is 113 Å². The Bertz CT molecular complexity index is 1680. The Kier molecular flexibility index (Phi) is 6.70. The maximum Gasteiger partial charge on any atom is 0.416 e. The average molecular weight is 515 g/mol. The van der Waals surface area contributed by atoms with Crippen molar-refractivity contribution in [3.05, 3.63) is 130 Å². The highest BCUT2D eigenvalue weighted by atomic mass is 19.4. The van der Waals surface area contributed by atoms with E-state index in [4.69, 9.17) is 4.74 Å². The van der Waals surface area contributed by atoms with Gasteiger partial charge in [-0.3, -0.25) is 9.79 Å². The molecule has 190 valence electrons. The summed E-state index contributed by atoms with van der Waals surface area (Å²) in [6.45, 7) is 0.417. The van der Waals surface area contributed by atoms with Crippen molar-refractivity contribution in [2.45, 2.75) is 12.8 Å². The van der Waals surface area contributed by atoms with E-state index in [0.717, 1.165) is 22.3 Å². The maximum atomic E-state index is 13.3. The Balaban J connectivity index is 1.50. The van der Waals surface area contributed by atoms with Crippen LogP contribution in [0.2, 0.25) is 0 Å². The molecule has 1 heterocycles. The Labute approximate surface area is 215 Å². The van der Waals surface area contributed by atoms with Crippen molar-refractivity contribution in [2.75, 3.05) is 0 Å². The minimum absolute atomic E-state index is 0.109. The molecule has 0 aliphatic heterocycles. The van der Waals surface area contributed by atoms with Gasteiger partial charge in [0.2, 0.25) is 5.88 Å². The third-order valence-corrected chi connectivity index (χ3v) is 5.96. The second-order valence-electron chi connectivity index (χ2n) is 8.50. The highest BCUT2D eigenvalue weighted by Gasteiger charge is 2.31. The molecule has 5 nitrogen and oxygen atoms in total. The molecule has 0 aliphatic rings. The van der Waals surface area contributed by atoms with Gasteiger partial charge >= 0.3 is 6.18 Å². The van der Waals surface area contributed by atoms with Crippen molar-refractivity contribution in [3.8, 4) is 17.3 Å². The van der Waals surface area contributed by atoms with Crippen molar-refractivity contribution >= 4 is 22.7 Å². The lowest BCUT2D eigenvalue weighted by Crippen LogP contribution is -2.20. The second kappa shape index (κ2) is 10.3. The van der Waals surface area contributed by atoms with E-state index < -0.39 is 23.2 Å². The fourth-order valence-electron chi connectivity index (χ4n) is 4.06. The summed E-state index contributed by atoms with van der Waals surface area (Å²) < 4.78 is 46.6. The molecule has 0 unspecified atom stereocenters. The predicted octanol–water partition coefficient (Wildman–Crippen LogP) is 7.04. The topological polar surface area (TPSA) is 63.8 Å². The van der Waals surface area contributed by atoms with Gasteiger partial charge in [-0.2, -0.15) is 13.2 Å². The van der Waals surface area contributed by atoms with Crippen LogP contribution in [0.4, 0.5) is 18.9 Å². The molecule has 4 aromatic carbocycles. The van der Waals surface area contributed by atoms with E-state index in [1.807, 2.05) is 30.3 Å². The van der Waals surface area contributed by atoms with E-state index in [-0.39, 0.29) is 16.6 Å². The monoisotopic (exact) mass is 514 g/mol. The highest BCUT2D eigenvalue weighted by molar-refractivity contribution is 6.02. The highest BCUT2D eigenvalue weighted by Crippen LogP contribution is 2.32. The normalized spacial score (nSPS) is 11.8. The van der Waals surface area contributed by atoms with Gasteiger partial charge in [0.05, 0.1) is 22.5 Å². The molecule has 0 bridgehead atoms. The summed E-state index contributed by atoms with van der Waals surface area (Å²) in [4.78, 5) is 17.6. The first-order valence-electron chi connectivity index (χ1n) is 11.7. The van der Waals surface area contributed by atoms with E-state index in [9.17, 15) is 23.1 Å². The molecule has 5 rings (SSSR count). The first-order valence-corrected chi connectivity index (χ1v) is 11.7. The summed E-state index contributed by atoms with van der Waals surface area (Å²) in [5, 5.41) is 11.7. The van der Waals surface area contributed by atoms with Crippen LogP contribution in [0.5, 0.6) is 11.6 Å². The molecule has 1 N–H and O–H groups in total. The van der Waals surface area contributed by atoms with Gasteiger partial charge in [-0.15, -0.1) is 0 Å². The summed E-state index contributed by atoms with van der Waals surface area (Å²) in [6, 6.07) is 27.5. The van der Waals surface area contributed by atoms with Crippen LogP contribution in [0.25, 0.3) is 16.5 Å². The van der Waals surface area contributed by atoms with Crippen LogP contribution in [0.3, 0.4) is 0 Å². The molecule has 0 spiro atoms. The number of pyridine rings is 1. The zero-order valence-corrected chi connectivity index (χ0v) is 19.9. The smallest absolute Gasteiger partial charge is 0.416 e. The van der Waals surface area contributed by atoms with Crippen LogP contribution in [0.1, 0.15) is 16.7 Å². The standard InChI is InChI=1S/C30H21F3N2O3/c31-30(32,33)21-9-6-10-23(17-21)35-28(36)26-12-5-4-11-25(26)27(29(35)37)18-34-22-13-15-24(16-14-22)38-19-20-7-2-1-3-8-20/h1-18,37H,19H2.